The number of fused-ring (bicyclic) bond motifs is 1. The summed E-state index contributed by atoms with van der Waals surface area (Å²) in [6.07, 6.45) is 16.1. The Morgan fingerprint density at radius 2 is 0.725 bits per heavy atom. The Morgan fingerprint density at radius 3 is 1.12 bits per heavy atom. The number of thioether (sulfide) groups is 1. The van der Waals surface area contributed by atoms with E-state index in [0.717, 1.165) is 44.3 Å². The highest BCUT2D eigenvalue weighted by Gasteiger charge is 2.44. The second kappa shape index (κ2) is 75.6. The van der Waals surface area contributed by atoms with Gasteiger partial charge in [0.15, 0.2) is 0 Å². The number of carboxylic acids is 2. The fourth-order valence-electron chi connectivity index (χ4n) is 17.0. The van der Waals surface area contributed by atoms with E-state index in [0.29, 0.717) is 62.6 Å². The summed E-state index contributed by atoms with van der Waals surface area (Å²) in [5, 5.41) is 75.8. The molecule has 2 aromatic rings. The third kappa shape index (κ3) is 53.0. The number of aliphatic hydroxyl groups excluding tert-OH is 1. The highest BCUT2D eigenvalue weighted by atomic mass is 32.2. The van der Waals surface area contributed by atoms with Crippen LogP contribution in [0.15, 0.2) is 60.7 Å². The van der Waals surface area contributed by atoms with Crippen LogP contribution in [0, 0.1) is 5.92 Å². The van der Waals surface area contributed by atoms with Crippen molar-refractivity contribution in [1.82, 2.24) is 90.4 Å². The zero-order chi connectivity index (χ0) is 110. The molecule has 18 amide bonds. The summed E-state index contributed by atoms with van der Waals surface area (Å²) in [6, 6.07) is -4.87. The second-order valence-electron chi connectivity index (χ2n) is 38.4. The first kappa shape index (κ1) is 130. The molecule has 4 rings (SSSR count). The Labute approximate surface area is 889 Å². The van der Waals surface area contributed by atoms with E-state index in [-0.39, 0.29) is 176 Å². The van der Waals surface area contributed by atoms with Gasteiger partial charge in [0.05, 0.1) is 31.2 Å². The van der Waals surface area contributed by atoms with Crippen molar-refractivity contribution in [2.45, 2.75) is 373 Å². The second-order valence-corrected chi connectivity index (χ2v) is 40.4. The first-order valence-electron chi connectivity index (χ1n) is 52.8. The smallest absolute Gasteiger partial charge is 0.326 e. The average molecular weight is 2150 g/mol. The molecule has 149 heavy (non-hydrogen) atoms. The van der Waals surface area contributed by atoms with Gasteiger partial charge in [-0.3, -0.25) is 81.5 Å². The highest BCUT2D eigenvalue weighted by Crippen LogP contribution is 2.33. The van der Waals surface area contributed by atoms with Gasteiger partial charge in [0, 0.05) is 67.7 Å². The average Bonchev–Trinajstić information content (AvgIpc) is 1.66. The predicted molar refractivity (Wildman–Crippen MR) is 572 cm³/mol. The van der Waals surface area contributed by atoms with E-state index in [1.165, 1.54) is 44.9 Å². The number of rotatable bonds is 83. The van der Waals surface area contributed by atoms with Gasteiger partial charge in [0.25, 0.3) is 0 Å². The number of aliphatic carboxylic acids is 2. The number of hydrogen-bond donors (Lipinski definition) is 28. The maximum atomic E-state index is 14.9. The van der Waals surface area contributed by atoms with Crippen LogP contribution in [0.5, 0.6) is 0 Å². The Kier molecular flexibility index (Phi) is 66.1. The molecule has 838 valence electrons. The van der Waals surface area contributed by atoms with Crippen molar-refractivity contribution in [2.24, 2.45) is 40.3 Å². The lowest BCUT2D eigenvalue weighted by Gasteiger charge is -2.28. The first-order valence-corrected chi connectivity index (χ1v) is 55.1. The largest absolute Gasteiger partial charge is 0.481 e. The topological polar surface area (TPSA) is 746 Å². The summed E-state index contributed by atoms with van der Waals surface area (Å²) >= 11 is 10.5. The van der Waals surface area contributed by atoms with Gasteiger partial charge in [-0.1, -0.05) is 152 Å². The molecule has 17 atom stereocenters. The van der Waals surface area contributed by atoms with E-state index in [9.17, 15) is 106 Å². The van der Waals surface area contributed by atoms with E-state index in [1.54, 1.807) is 86.3 Å². The van der Waals surface area contributed by atoms with Crippen LogP contribution in [0.25, 0.3) is 0 Å². The highest BCUT2D eigenvalue weighted by molar-refractivity contribution is 8.00. The molecular formula is C101H169N23O22S3. The predicted octanol–water partition coefficient (Wildman–Crippen LogP) is -0.0499. The van der Waals surface area contributed by atoms with Crippen LogP contribution in [-0.4, -0.2) is 293 Å². The normalized spacial score (nSPS) is 16.3. The van der Waals surface area contributed by atoms with Crippen molar-refractivity contribution < 1.29 is 106 Å². The van der Waals surface area contributed by atoms with Gasteiger partial charge in [-0.25, -0.2) is 9.59 Å². The number of carboxylic acid groups (broad SMARTS) is 2. The number of benzene rings is 2. The SMILES string of the molecule is CCCCCCCCCCCCCC(=O)NCCCC[C@H](N)C(=O)N[C@H](C(=O)N[C@@H](CO)C(=O)N[C@@H](Cc1ccccc1)C(=O)N[C@@H](Cc1ccccc1)C(=O)N[C@@H](CS)C(=O)N[C@@H](CCCCN)C(=O)N[C@@H](CC(N)=O)C(=O)N[C@@H](CCCCN)C(=O)N[C@@H](CCC(=O)O)C(=O)N[C@@H](CCCCN)C(=O)N[C@@H](CCCCN)C(=O)N[C@@H](CS)C(=O)N[C@@H](CCCCNC(=O)CCCC[C@H]1SCC2NC(=O)NC21)C(=O)O)C(C)C. The zero-order valence-electron chi connectivity index (χ0n) is 86.7. The molecule has 2 aliphatic heterocycles. The van der Waals surface area contributed by atoms with Crippen LogP contribution in [0.2, 0.25) is 0 Å². The van der Waals surface area contributed by atoms with Crippen LogP contribution < -0.4 is 125 Å². The minimum atomic E-state index is -1.92. The van der Waals surface area contributed by atoms with Crippen molar-refractivity contribution >= 4 is 150 Å². The van der Waals surface area contributed by atoms with Gasteiger partial charge in [-0.2, -0.15) is 37.0 Å². The van der Waals surface area contributed by atoms with Crippen molar-refractivity contribution in [2.75, 3.05) is 63.1 Å². The lowest BCUT2D eigenvalue weighted by molar-refractivity contribution is -0.142. The van der Waals surface area contributed by atoms with Gasteiger partial charge in [-0.05, 0) is 184 Å². The van der Waals surface area contributed by atoms with Crippen molar-refractivity contribution in [3.8, 4) is 0 Å². The Hall–Kier alpha value is -11.0. The maximum Gasteiger partial charge on any atom is 0.326 e. The van der Waals surface area contributed by atoms with Gasteiger partial charge in [0.1, 0.15) is 78.5 Å². The van der Waals surface area contributed by atoms with Crippen LogP contribution in [-0.2, 0) is 99.1 Å². The number of nitrogens with one attached hydrogen (secondary N) is 17. The van der Waals surface area contributed by atoms with E-state index in [1.807, 2.05) is 0 Å². The van der Waals surface area contributed by atoms with Crippen molar-refractivity contribution in [3.05, 3.63) is 71.8 Å². The zero-order valence-corrected chi connectivity index (χ0v) is 89.3. The molecular weight excluding hydrogens is 1980 g/mol. The third-order valence-electron chi connectivity index (χ3n) is 25.7. The van der Waals surface area contributed by atoms with Crippen molar-refractivity contribution in [3.63, 3.8) is 0 Å². The number of urea groups is 1. The summed E-state index contributed by atoms with van der Waals surface area (Å²) in [7, 11) is 0. The molecule has 48 heteroatoms. The molecule has 2 fully saturated rings. The molecule has 45 nitrogen and oxygen atoms in total. The first-order chi connectivity index (χ1) is 71.4. The van der Waals surface area contributed by atoms with Gasteiger partial charge < -0.3 is 140 Å². The summed E-state index contributed by atoms with van der Waals surface area (Å²) in [6.45, 7) is 5.61. The minimum Gasteiger partial charge on any atom is -0.481 e. The fourth-order valence-corrected chi connectivity index (χ4v) is 19.0. The fraction of sp³-hybridized carbons (Fsp3) is 0.693. The Bertz CT molecular complexity index is 4470. The number of amides is 18. The molecule has 0 spiro atoms. The molecule has 0 aromatic heterocycles. The number of thiol groups is 2. The molecule has 2 aliphatic rings. The van der Waals surface area contributed by atoms with Gasteiger partial charge in [0.2, 0.25) is 94.5 Å². The lowest BCUT2D eigenvalue weighted by atomic mass is 10.0. The minimum absolute atomic E-state index is 0.0429. The number of nitrogens with two attached hydrogens (primary N) is 6. The van der Waals surface area contributed by atoms with Crippen LogP contribution >= 0.6 is 37.0 Å². The molecule has 2 unspecified atom stereocenters. The third-order valence-corrected chi connectivity index (χ3v) is 27.9. The summed E-state index contributed by atoms with van der Waals surface area (Å²) in [5.41, 5.74) is 36.4. The molecule has 0 aliphatic carbocycles. The van der Waals surface area contributed by atoms with Crippen LogP contribution in [0.3, 0.4) is 0 Å². The summed E-state index contributed by atoms with van der Waals surface area (Å²) in [4.78, 5) is 262. The number of carbonyl (C=O) groups excluding carboxylic acids is 17. The maximum absolute atomic E-state index is 14.9. The molecule has 2 saturated heterocycles. The number of unbranched alkanes of at least 4 members (excludes halogenated alkanes) is 17. The molecule has 0 saturated carbocycles. The standard InChI is InChI=1S/C101H169N23O22S3/c1-4-5-6-7-8-9-10-11-12-13-20-46-82(127)108-54-33-27-39-66(106)87(131)123-85(63(2)3)99(143)119-76(59-125)96(140)117-73(56-64-35-16-14-17-36-64)93(137)116-74(57-65-37-18-15-19-38-65)94(138)121-77(60-147)97(141)113-69(42-25-31-52-104)90(134)118-75(58-81(107)126)95(139)112-68(41-24-30-51-103)89(133)114-71(48-49-84(129)130)92(136)111-67(40-23-29-50-102)88(132)110-70(43-26-32-53-105)91(135)120-78(61-148)98(142)115-72(100(144)145)44-28-34-55-109-83(128)47-22-21-45-80-86-79(62-149-80)122-101(146)124-86/h14-19,35-38,63,66-80,85-86,125,147-148H,4-13,20-34,39-62,102-106H2,1-3H3,(H2,107,126)(H,108,127)(H,109,128)(H,110,132)(H,111,136)(H,112,139)(H,113,141)(H,114,133)(H,115,142)(H,116,137)(H,117,140)(H,118,134)(H,119,143)(H,120,135)(H,121,138)(H,123,131)(H,129,130)(H,144,145)(H2,122,124,146)/t66-,67-,68-,69-,70-,71-,72-,73-,74-,75-,76-,77-,78-,79?,80+,85-,86?/m0/s1. The monoisotopic (exact) mass is 2150 g/mol. The van der Waals surface area contributed by atoms with Crippen molar-refractivity contribution in [1.29, 1.82) is 0 Å². The summed E-state index contributed by atoms with van der Waals surface area (Å²) < 4.78 is 0. The summed E-state index contributed by atoms with van der Waals surface area (Å²) in [5.74, 6) is -17.6. The quantitative estimate of drug-likeness (QED) is 0.0234. The van der Waals surface area contributed by atoms with E-state index >= 15 is 0 Å². The molecule has 2 aromatic carbocycles. The van der Waals surface area contributed by atoms with Gasteiger partial charge in [-0.15, -0.1) is 0 Å². The van der Waals surface area contributed by atoms with Gasteiger partial charge >= 0.3 is 18.0 Å². The number of primary amides is 1. The number of hydrogen-bond acceptors (Lipinski definition) is 28. The van der Waals surface area contributed by atoms with Crippen LogP contribution in [0.1, 0.15) is 269 Å². The van der Waals surface area contributed by atoms with E-state index < -0.39 is 217 Å². The Balaban J connectivity index is 1.48. The van der Waals surface area contributed by atoms with Crippen LogP contribution in [0.4, 0.5) is 4.79 Å². The lowest BCUT2D eigenvalue weighted by Crippen LogP contribution is -2.62. The molecule has 2 heterocycles. The molecule has 32 N–H and O–H groups in total. The van der Waals surface area contributed by atoms with E-state index in [4.69, 9.17) is 34.4 Å². The molecule has 0 radical (unpaired) electrons. The van der Waals surface area contributed by atoms with E-state index in [2.05, 4.69) is 123 Å². The Morgan fingerprint density at radius 1 is 0.383 bits per heavy atom. The molecule has 0 bridgehead atoms. The number of aliphatic hydroxyl groups is 1. The number of carbonyl (C=O) groups is 19.